The van der Waals surface area contributed by atoms with Crippen LogP contribution in [0.3, 0.4) is 0 Å². The maximum Gasteiger partial charge on any atom is 0.116 e. The van der Waals surface area contributed by atoms with Gasteiger partial charge in [-0.2, -0.15) is 0 Å². The van der Waals surface area contributed by atoms with E-state index >= 15 is 0 Å². The molecule has 3 heteroatoms. The average Bonchev–Trinajstić information content (AvgIpc) is 1.88. The molecule has 0 aliphatic heterocycles. The van der Waals surface area contributed by atoms with E-state index in [1.54, 1.807) is 18.2 Å². The Bertz CT molecular complexity index is 202. The van der Waals surface area contributed by atoms with Crippen LogP contribution >= 0.6 is 21.7 Å². The number of phenols is 1. The number of phenolic OH excluding ortho intramolecular Hbond substituents is 1. The zero-order valence-corrected chi connectivity index (χ0v) is 6.12. The smallest absolute Gasteiger partial charge is 0.116 e. The molecule has 0 bridgehead atoms. The Morgan fingerprint density at radius 2 is 2.22 bits per heavy atom. The Morgan fingerprint density at radius 1 is 1.44 bits per heavy atom. The molecule has 0 fully saturated rings. The van der Waals surface area contributed by atoms with Crippen molar-refractivity contribution in [3.63, 3.8) is 0 Å². The fourth-order valence-electron chi connectivity index (χ4n) is 0.532. The van der Waals surface area contributed by atoms with Crippen molar-refractivity contribution < 1.29 is 5.11 Å². The molecular formula is C6H5ClOS. The average molecular weight is 161 g/mol. The van der Waals surface area contributed by atoms with Crippen LogP contribution in [0, 0.1) is 0 Å². The quantitative estimate of drug-likeness (QED) is 0.682. The van der Waals surface area contributed by atoms with Crippen molar-refractivity contribution in [3.8, 4) is 5.75 Å². The maximum atomic E-state index is 8.87. The zero-order chi connectivity index (χ0) is 6.69. The molecule has 1 rings (SSSR count). The number of benzene rings is 1. The van der Waals surface area contributed by atoms with E-state index in [1.165, 1.54) is 0 Å². The van der Waals surface area contributed by atoms with E-state index in [9.17, 15) is 0 Å². The summed E-state index contributed by atoms with van der Waals surface area (Å²) in [4.78, 5) is 0.858. The molecule has 1 aromatic rings. The molecule has 0 unspecified atom stereocenters. The van der Waals surface area contributed by atoms with Crippen LogP contribution in [0.25, 0.3) is 0 Å². The number of hydrogen-bond donors (Lipinski definition) is 1. The number of hydrogen-bond acceptors (Lipinski definition) is 2. The van der Waals surface area contributed by atoms with Crippen LogP contribution in [0.15, 0.2) is 29.2 Å². The summed E-state index contributed by atoms with van der Waals surface area (Å²) in [7, 11) is 6.50. The summed E-state index contributed by atoms with van der Waals surface area (Å²) in [6, 6.07) is 6.80. The minimum absolute atomic E-state index is 0.251. The van der Waals surface area contributed by atoms with Crippen LogP contribution in [-0.2, 0) is 0 Å². The molecule has 0 amide bonds. The summed E-state index contributed by atoms with van der Waals surface area (Å²) in [5.41, 5.74) is 0. The van der Waals surface area contributed by atoms with Gasteiger partial charge >= 0.3 is 0 Å². The Balaban J connectivity index is 2.94. The summed E-state index contributed by atoms with van der Waals surface area (Å²) in [5.74, 6) is 0.251. The van der Waals surface area contributed by atoms with E-state index in [0.29, 0.717) is 0 Å². The summed E-state index contributed by atoms with van der Waals surface area (Å²) in [6.07, 6.45) is 0. The van der Waals surface area contributed by atoms with E-state index in [0.717, 1.165) is 15.9 Å². The summed E-state index contributed by atoms with van der Waals surface area (Å²) >= 11 is 0. The second-order valence-electron chi connectivity index (χ2n) is 1.57. The highest BCUT2D eigenvalue weighted by Crippen LogP contribution is 2.24. The molecule has 1 nitrogen and oxygen atoms in total. The van der Waals surface area contributed by atoms with Gasteiger partial charge < -0.3 is 5.11 Å². The van der Waals surface area contributed by atoms with Crippen LogP contribution in [0.1, 0.15) is 0 Å². The first kappa shape index (κ1) is 6.78. The van der Waals surface area contributed by atoms with Gasteiger partial charge in [0, 0.05) is 4.90 Å². The fraction of sp³-hybridized carbons (Fsp3) is 0. The van der Waals surface area contributed by atoms with Crippen molar-refractivity contribution in [2.75, 3.05) is 0 Å². The van der Waals surface area contributed by atoms with Crippen molar-refractivity contribution in [1.29, 1.82) is 0 Å². The molecule has 0 aliphatic carbocycles. The van der Waals surface area contributed by atoms with Gasteiger partial charge in [-0.3, -0.25) is 0 Å². The van der Waals surface area contributed by atoms with Gasteiger partial charge in [-0.15, -0.1) is 0 Å². The topological polar surface area (TPSA) is 20.2 Å². The minimum atomic E-state index is 0.251. The van der Waals surface area contributed by atoms with Gasteiger partial charge in [-0.25, -0.2) is 0 Å². The molecule has 1 N–H and O–H groups in total. The first-order chi connectivity index (χ1) is 4.33. The Kier molecular flexibility index (Phi) is 2.25. The molecule has 0 saturated heterocycles. The highest BCUT2D eigenvalue weighted by atomic mass is 35.7. The Labute approximate surface area is 62.2 Å². The molecule has 0 radical (unpaired) electrons. The molecule has 0 heterocycles. The normalized spacial score (nSPS) is 9.44. The lowest BCUT2D eigenvalue weighted by molar-refractivity contribution is 0.474. The van der Waals surface area contributed by atoms with Crippen molar-refractivity contribution in [3.05, 3.63) is 24.3 Å². The van der Waals surface area contributed by atoms with Crippen molar-refractivity contribution in [2.45, 2.75) is 4.90 Å². The molecule has 48 valence electrons. The van der Waals surface area contributed by atoms with Crippen LogP contribution in [0.5, 0.6) is 5.75 Å². The van der Waals surface area contributed by atoms with E-state index < -0.39 is 0 Å². The largest absolute Gasteiger partial charge is 0.508 e. The van der Waals surface area contributed by atoms with Gasteiger partial charge in [-0.1, -0.05) is 6.07 Å². The molecule has 0 atom stereocenters. The number of halogens is 1. The Hall–Kier alpha value is -0.340. The van der Waals surface area contributed by atoms with Crippen LogP contribution < -0.4 is 0 Å². The van der Waals surface area contributed by atoms with Crippen LogP contribution in [-0.4, -0.2) is 5.11 Å². The fourth-order valence-corrected chi connectivity index (χ4v) is 1.11. The number of rotatable bonds is 1. The first-order valence-electron chi connectivity index (χ1n) is 2.40. The standard InChI is InChI=1S/C6H5ClOS/c7-9-6-3-1-2-5(8)4-6/h1-4,8H. The molecule has 0 saturated carbocycles. The second-order valence-corrected chi connectivity index (χ2v) is 2.66. The Morgan fingerprint density at radius 3 is 2.67 bits per heavy atom. The summed E-state index contributed by atoms with van der Waals surface area (Å²) in [6.45, 7) is 0. The van der Waals surface area contributed by atoms with Crippen LogP contribution in [0.4, 0.5) is 0 Å². The van der Waals surface area contributed by atoms with Crippen molar-refractivity contribution >= 4 is 21.7 Å². The molecule has 0 aromatic heterocycles. The monoisotopic (exact) mass is 160 g/mol. The number of aromatic hydroxyl groups is 1. The third-order valence-electron chi connectivity index (χ3n) is 0.907. The van der Waals surface area contributed by atoms with Gasteiger partial charge in [0.05, 0.1) is 0 Å². The van der Waals surface area contributed by atoms with Gasteiger partial charge in [-0.05, 0) is 39.9 Å². The predicted octanol–water partition coefficient (Wildman–Crippen LogP) is 2.64. The lowest BCUT2D eigenvalue weighted by Crippen LogP contribution is -1.64. The first-order valence-corrected chi connectivity index (χ1v) is 4.05. The van der Waals surface area contributed by atoms with E-state index in [-0.39, 0.29) is 5.75 Å². The van der Waals surface area contributed by atoms with Gasteiger partial charge in [0.15, 0.2) is 0 Å². The molecule has 1 aromatic carbocycles. The third-order valence-corrected chi connectivity index (χ3v) is 1.87. The van der Waals surface area contributed by atoms with Crippen molar-refractivity contribution in [2.24, 2.45) is 0 Å². The highest BCUT2D eigenvalue weighted by Gasteiger charge is 1.90. The molecule has 9 heavy (non-hydrogen) atoms. The van der Waals surface area contributed by atoms with E-state index in [4.69, 9.17) is 15.8 Å². The van der Waals surface area contributed by atoms with Gasteiger partial charge in [0.2, 0.25) is 0 Å². The van der Waals surface area contributed by atoms with E-state index in [1.807, 2.05) is 6.07 Å². The highest BCUT2D eigenvalue weighted by molar-refractivity contribution is 8.21. The predicted molar refractivity (Wildman–Crippen MR) is 39.8 cm³/mol. The second kappa shape index (κ2) is 2.99. The molecular weight excluding hydrogens is 156 g/mol. The summed E-state index contributed by atoms with van der Waals surface area (Å²) in [5, 5.41) is 8.87. The molecule has 0 spiro atoms. The minimum Gasteiger partial charge on any atom is -0.508 e. The molecule has 0 aliphatic rings. The zero-order valence-electron chi connectivity index (χ0n) is 4.54. The van der Waals surface area contributed by atoms with Crippen molar-refractivity contribution in [1.82, 2.24) is 0 Å². The summed E-state index contributed by atoms with van der Waals surface area (Å²) < 4.78 is 0. The van der Waals surface area contributed by atoms with E-state index in [2.05, 4.69) is 0 Å². The SMILES string of the molecule is Oc1cccc(SCl)c1. The van der Waals surface area contributed by atoms with Gasteiger partial charge in [0.25, 0.3) is 0 Å². The lowest BCUT2D eigenvalue weighted by Gasteiger charge is -1.92. The van der Waals surface area contributed by atoms with Gasteiger partial charge in [0.1, 0.15) is 5.75 Å². The maximum absolute atomic E-state index is 8.87. The lowest BCUT2D eigenvalue weighted by atomic mass is 10.3. The van der Waals surface area contributed by atoms with Crippen LogP contribution in [0.2, 0.25) is 0 Å². The third kappa shape index (κ3) is 1.80.